The zero-order valence-electron chi connectivity index (χ0n) is 14.2. The van der Waals surface area contributed by atoms with Gasteiger partial charge in [-0.05, 0) is 54.8 Å². The molecule has 4 nitrogen and oxygen atoms in total. The lowest BCUT2D eigenvalue weighted by Gasteiger charge is -2.17. The first-order chi connectivity index (χ1) is 12.6. The van der Waals surface area contributed by atoms with Crippen molar-refractivity contribution in [3.8, 4) is 22.1 Å². The van der Waals surface area contributed by atoms with Crippen molar-refractivity contribution in [3.05, 3.63) is 70.2 Å². The van der Waals surface area contributed by atoms with Gasteiger partial charge in [-0.25, -0.2) is 4.98 Å². The summed E-state index contributed by atoms with van der Waals surface area (Å²) >= 11 is 1.54. The minimum Gasteiger partial charge on any atom is -0.508 e. The SMILES string of the molecule is COc1cccc(-c2nc(C=C3CCc4cc(O)ccc4C3=O)cs2)c1. The smallest absolute Gasteiger partial charge is 0.189 e. The summed E-state index contributed by atoms with van der Waals surface area (Å²) in [5.74, 6) is 1.01. The van der Waals surface area contributed by atoms with E-state index in [1.165, 1.54) is 0 Å². The number of ketones is 1. The van der Waals surface area contributed by atoms with Crippen LogP contribution in [0.5, 0.6) is 11.5 Å². The third-order valence-electron chi connectivity index (χ3n) is 4.45. The van der Waals surface area contributed by atoms with Crippen molar-refractivity contribution in [2.24, 2.45) is 0 Å². The molecule has 3 aromatic rings. The van der Waals surface area contributed by atoms with Gasteiger partial charge < -0.3 is 9.84 Å². The van der Waals surface area contributed by atoms with Crippen molar-refractivity contribution >= 4 is 23.2 Å². The number of benzene rings is 2. The molecule has 5 heteroatoms. The molecule has 0 bridgehead atoms. The quantitative estimate of drug-likeness (QED) is 0.683. The molecule has 0 spiro atoms. The maximum Gasteiger partial charge on any atom is 0.189 e. The molecule has 0 atom stereocenters. The first kappa shape index (κ1) is 16.5. The highest BCUT2D eigenvalue weighted by Crippen LogP contribution is 2.31. The number of hydrogen-bond donors (Lipinski definition) is 1. The number of rotatable bonds is 3. The highest BCUT2D eigenvalue weighted by Gasteiger charge is 2.22. The monoisotopic (exact) mass is 363 g/mol. The van der Waals surface area contributed by atoms with Crippen LogP contribution in [0.2, 0.25) is 0 Å². The van der Waals surface area contributed by atoms with E-state index in [2.05, 4.69) is 4.98 Å². The third kappa shape index (κ3) is 3.13. The number of allylic oxidation sites excluding steroid dienone is 1. The van der Waals surface area contributed by atoms with Gasteiger partial charge in [-0.15, -0.1) is 11.3 Å². The summed E-state index contributed by atoms with van der Waals surface area (Å²) in [5.41, 5.74) is 4.12. The summed E-state index contributed by atoms with van der Waals surface area (Å²) in [6, 6.07) is 12.7. The molecule has 1 aromatic heterocycles. The molecule has 0 saturated heterocycles. The van der Waals surface area contributed by atoms with Crippen LogP contribution in [0.15, 0.2) is 53.4 Å². The summed E-state index contributed by atoms with van der Waals surface area (Å²) in [6.07, 6.45) is 3.27. The van der Waals surface area contributed by atoms with Gasteiger partial charge >= 0.3 is 0 Å². The Kier molecular flexibility index (Phi) is 4.31. The van der Waals surface area contributed by atoms with E-state index in [9.17, 15) is 9.90 Å². The van der Waals surface area contributed by atoms with E-state index in [1.807, 2.05) is 35.7 Å². The summed E-state index contributed by atoms with van der Waals surface area (Å²) in [6.45, 7) is 0. The minimum absolute atomic E-state index is 0.0159. The number of aromatic nitrogens is 1. The molecule has 1 aliphatic rings. The van der Waals surface area contributed by atoms with E-state index in [4.69, 9.17) is 4.74 Å². The van der Waals surface area contributed by atoms with Gasteiger partial charge in [-0.2, -0.15) is 0 Å². The molecule has 0 saturated carbocycles. The van der Waals surface area contributed by atoms with Crippen LogP contribution in [0.3, 0.4) is 0 Å². The van der Waals surface area contributed by atoms with Gasteiger partial charge in [-0.3, -0.25) is 4.79 Å². The Morgan fingerprint density at radius 3 is 2.92 bits per heavy atom. The molecular weight excluding hydrogens is 346 g/mol. The van der Waals surface area contributed by atoms with E-state index in [1.54, 1.807) is 36.6 Å². The van der Waals surface area contributed by atoms with Crippen molar-refractivity contribution in [1.29, 1.82) is 0 Å². The van der Waals surface area contributed by atoms with Crippen molar-refractivity contribution in [3.63, 3.8) is 0 Å². The number of carbonyl (C=O) groups excluding carboxylic acids is 1. The lowest BCUT2D eigenvalue weighted by atomic mass is 9.86. The molecule has 0 aliphatic heterocycles. The fourth-order valence-corrected chi connectivity index (χ4v) is 3.90. The Morgan fingerprint density at radius 2 is 2.08 bits per heavy atom. The number of nitrogens with zero attached hydrogens (tertiary/aromatic N) is 1. The normalized spacial score (nSPS) is 15.1. The number of aryl methyl sites for hydroxylation is 1. The minimum atomic E-state index is 0.0159. The number of methoxy groups -OCH3 is 1. The first-order valence-corrected chi connectivity index (χ1v) is 9.19. The predicted octanol–water partition coefficient (Wildman–Crippen LogP) is 4.74. The van der Waals surface area contributed by atoms with Crippen molar-refractivity contribution in [2.45, 2.75) is 12.8 Å². The molecule has 1 aliphatic carbocycles. The Bertz CT molecular complexity index is 1020. The highest BCUT2D eigenvalue weighted by atomic mass is 32.1. The van der Waals surface area contributed by atoms with Crippen LogP contribution in [-0.4, -0.2) is 23.0 Å². The van der Waals surface area contributed by atoms with Gasteiger partial charge in [0.25, 0.3) is 0 Å². The lowest BCUT2D eigenvalue weighted by Crippen LogP contribution is -2.13. The van der Waals surface area contributed by atoms with Crippen LogP contribution in [0.4, 0.5) is 0 Å². The number of thiazole rings is 1. The maximum atomic E-state index is 12.7. The third-order valence-corrected chi connectivity index (χ3v) is 5.36. The molecule has 2 aromatic carbocycles. The fraction of sp³-hybridized carbons (Fsp3) is 0.143. The molecule has 1 heterocycles. The second kappa shape index (κ2) is 6.77. The van der Waals surface area contributed by atoms with Crippen LogP contribution in [-0.2, 0) is 6.42 Å². The van der Waals surface area contributed by atoms with Crippen LogP contribution in [0, 0.1) is 0 Å². The molecular formula is C21H17NO3S. The van der Waals surface area contributed by atoms with Crippen molar-refractivity contribution < 1.29 is 14.6 Å². The summed E-state index contributed by atoms with van der Waals surface area (Å²) in [5, 5.41) is 12.4. The Hall–Kier alpha value is -2.92. The molecule has 0 unspecified atom stereocenters. The average molecular weight is 363 g/mol. The number of hydrogen-bond acceptors (Lipinski definition) is 5. The van der Waals surface area contributed by atoms with E-state index < -0.39 is 0 Å². The molecule has 130 valence electrons. The topological polar surface area (TPSA) is 59.4 Å². The van der Waals surface area contributed by atoms with Gasteiger partial charge in [0.1, 0.15) is 16.5 Å². The zero-order valence-corrected chi connectivity index (χ0v) is 15.0. The van der Waals surface area contributed by atoms with Crippen molar-refractivity contribution in [2.75, 3.05) is 7.11 Å². The van der Waals surface area contributed by atoms with Crippen molar-refractivity contribution in [1.82, 2.24) is 4.98 Å². The number of fused-ring (bicyclic) bond motifs is 1. The maximum absolute atomic E-state index is 12.7. The zero-order chi connectivity index (χ0) is 18.1. The number of Topliss-reactive ketones (excluding diaryl/α,β-unsaturated/α-hetero) is 1. The van der Waals surface area contributed by atoms with E-state index >= 15 is 0 Å². The van der Waals surface area contributed by atoms with Crippen LogP contribution in [0.1, 0.15) is 28.0 Å². The Morgan fingerprint density at radius 1 is 1.19 bits per heavy atom. The second-order valence-corrected chi connectivity index (χ2v) is 7.01. The van der Waals surface area contributed by atoms with Gasteiger partial charge in [0, 0.05) is 22.1 Å². The van der Waals surface area contributed by atoms with Crippen LogP contribution >= 0.6 is 11.3 Å². The van der Waals surface area contributed by atoms with E-state index in [0.29, 0.717) is 12.0 Å². The number of ether oxygens (including phenoxy) is 1. The highest BCUT2D eigenvalue weighted by molar-refractivity contribution is 7.13. The number of aromatic hydroxyl groups is 1. The molecule has 1 N–H and O–H groups in total. The van der Waals surface area contributed by atoms with Gasteiger partial charge in [0.2, 0.25) is 0 Å². The van der Waals surface area contributed by atoms with Crippen LogP contribution in [0.25, 0.3) is 16.6 Å². The fourth-order valence-electron chi connectivity index (χ4n) is 3.12. The molecule has 4 rings (SSSR count). The summed E-state index contributed by atoms with van der Waals surface area (Å²) in [7, 11) is 1.64. The number of phenols is 1. The number of carbonyl (C=O) groups is 1. The van der Waals surface area contributed by atoms with E-state index in [0.717, 1.165) is 39.6 Å². The first-order valence-electron chi connectivity index (χ1n) is 8.31. The van der Waals surface area contributed by atoms with E-state index in [-0.39, 0.29) is 11.5 Å². The summed E-state index contributed by atoms with van der Waals surface area (Å²) < 4.78 is 5.26. The molecule has 0 fully saturated rings. The molecule has 0 amide bonds. The largest absolute Gasteiger partial charge is 0.508 e. The van der Waals surface area contributed by atoms with Gasteiger partial charge in [-0.1, -0.05) is 12.1 Å². The molecule has 26 heavy (non-hydrogen) atoms. The Labute approximate surface area is 155 Å². The van der Waals surface area contributed by atoms with Gasteiger partial charge in [0.05, 0.1) is 12.8 Å². The predicted molar refractivity (Wildman–Crippen MR) is 103 cm³/mol. The summed E-state index contributed by atoms with van der Waals surface area (Å²) in [4.78, 5) is 17.4. The second-order valence-electron chi connectivity index (χ2n) is 6.15. The van der Waals surface area contributed by atoms with Crippen LogP contribution < -0.4 is 4.74 Å². The Balaban J connectivity index is 1.62. The lowest BCUT2D eigenvalue weighted by molar-refractivity contribution is 0.102. The molecule has 0 radical (unpaired) electrons. The van der Waals surface area contributed by atoms with Gasteiger partial charge in [0.15, 0.2) is 5.78 Å². The average Bonchev–Trinajstić information content (AvgIpc) is 3.13. The number of phenolic OH excluding ortho intramolecular Hbond substituents is 1. The standard InChI is InChI=1S/C21H17NO3S/c1-25-18-4-2-3-15(11-18)21-22-16(12-26-21)9-14-6-5-13-10-17(23)7-8-19(13)20(14)24/h2-4,7-12,23H,5-6H2,1H3.